The zero-order valence-corrected chi connectivity index (χ0v) is 18.8. The fraction of sp³-hybridized carbons (Fsp3) is 0.350. The van der Waals surface area contributed by atoms with Crippen LogP contribution in [-0.2, 0) is 6.42 Å². The minimum atomic E-state index is 0. The molecule has 0 bridgehead atoms. The van der Waals surface area contributed by atoms with Gasteiger partial charge in [0.25, 0.3) is 0 Å². The summed E-state index contributed by atoms with van der Waals surface area (Å²) in [6.07, 6.45) is 1.55. The number of fused-ring (bicyclic) bond motifs is 1. The van der Waals surface area contributed by atoms with Crippen LogP contribution < -0.4 is 25.3 Å². The highest BCUT2D eigenvalue weighted by Gasteiger charge is 2.11. The Labute approximate surface area is 187 Å². The molecule has 8 heteroatoms. The molecule has 0 aliphatic carbocycles. The van der Waals surface area contributed by atoms with Gasteiger partial charge in [-0.3, -0.25) is 4.99 Å². The first-order valence-corrected chi connectivity index (χ1v) is 9.41. The van der Waals surface area contributed by atoms with Gasteiger partial charge in [-0.15, -0.1) is 24.0 Å². The summed E-state index contributed by atoms with van der Waals surface area (Å²) in [6, 6.07) is 11.2. The Hall–Kier alpha value is -1.87. The number of nitrogens with zero attached hydrogens (tertiary/aromatic N) is 1. The zero-order valence-electron chi connectivity index (χ0n) is 15.7. The van der Waals surface area contributed by atoms with E-state index in [1.54, 1.807) is 0 Å². The van der Waals surface area contributed by atoms with Gasteiger partial charge in [0, 0.05) is 29.7 Å². The van der Waals surface area contributed by atoms with E-state index < -0.39 is 0 Å². The Morgan fingerprint density at radius 3 is 2.75 bits per heavy atom. The normalized spacial score (nSPS) is 13.3. The minimum absolute atomic E-state index is 0. The monoisotopic (exact) mass is 517 g/mol. The molecule has 0 saturated heterocycles. The van der Waals surface area contributed by atoms with Gasteiger partial charge in [0.1, 0.15) is 5.75 Å². The molecular formula is C20H25ClIN3O3. The SMILES string of the molecule is CCOc1ccc(Cl)cc1CCN=C(N)Nc1ccc2c(c1)OCCCO2.I. The molecule has 3 rings (SSSR count). The lowest BCUT2D eigenvalue weighted by atomic mass is 10.1. The average Bonchev–Trinajstić information content (AvgIpc) is 2.89. The van der Waals surface area contributed by atoms with Crippen molar-refractivity contribution in [2.45, 2.75) is 19.8 Å². The summed E-state index contributed by atoms with van der Waals surface area (Å²) in [5.74, 6) is 2.62. The third-order valence-electron chi connectivity index (χ3n) is 4.01. The van der Waals surface area contributed by atoms with Crippen molar-refractivity contribution in [1.82, 2.24) is 0 Å². The largest absolute Gasteiger partial charge is 0.494 e. The van der Waals surface area contributed by atoms with Gasteiger partial charge in [0.05, 0.1) is 19.8 Å². The third-order valence-corrected chi connectivity index (χ3v) is 4.24. The van der Waals surface area contributed by atoms with Gasteiger partial charge in [-0.1, -0.05) is 11.6 Å². The van der Waals surface area contributed by atoms with Gasteiger partial charge in [-0.05, 0) is 49.2 Å². The minimum Gasteiger partial charge on any atom is -0.494 e. The van der Waals surface area contributed by atoms with Crippen molar-refractivity contribution < 1.29 is 14.2 Å². The molecule has 1 aliphatic rings. The van der Waals surface area contributed by atoms with Crippen molar-refractivity contribution >= 4 is 47.2 Å². The van der Waals surface area contributed by atoms with Crippen molar-refractivity contribution in [2.75, 3.05) is 31.7 Å². The predicted molar refractivity (Wildman–Crippen MR) is 124 cm³/mol. The first-order valence-electron chi connectivity index (χ1n) is 9.03. The molecule has 0 fully saturated rings. The molecule has 3 N–H and O–H groups in total. The quantitative estimate of drug-likeness (QED) is 0.335. The van der Waals surface area contributed by atoms with E-state index >= 15 is 0 Å². The number of hydrogen-bond donors (Lipinski definition) is 2. The van der Waals surface area contributed by atoms with Gasteiger partial charge in [0.15, 0.2) is 17.5 Å². The van der Waals surface area contributed by atoms with Crippen molar-refractivity contribution in [2.24, 2.45) is 10.7 Å². The first kappa shape index (κ1) is 22.4. The van der Waals surface area contributed by atoms with Crippen LogP contribution in [0.4, 0.5) is 5.69 Å². The predicted octanol–water partition coefficient (Wildman–Crippen LogP) is 4.49. The Morgan fingerprint density at radius 2 is 1.96 bits per heavy atom. The maximum Gasteiger partial charge on any atom is 0.193 e. The van der Waals surface area contributed by atoms with E-state index in [1.165, 1.54) is 0 Å². The van der Waals surface area contributed by atoms with E-state index in [-0.39, 0.29) is 24.0 Å². The summed E-state index contributed by atoms with van der Waals surface area (Å²) >= 11 is 6.08. The number of guanidine groups is 1. The number of anilines is 1. The van der Waals surface area contributed by atoms with E-state index in [2.05, 4.69) is 10.3 Å². The summed E-state index contributed by atoms with van der Waals surface area (Å²) in [5, 5.41) is 3.76. The fourth-order valence-corrected chi connectivity index (χ4v) is 2.96. The molecule has 2 aromatic carbocycles. The zero-order chi connectivity index (χ0) is 19.1. The molecule has 0 unspecified atom stereocenters. The smallest absolute Gasteiger partial charge is 0.193 e. The maximum atomic E-state index is 6.08. The van der Waals surface area contributed by atoms with Crippen molar-refractivity contribution in [3.8, 4) is 17.2 Å². The summed E-state index contributed by atoms with van der Waals surface area (Å²) in [7, 11) is 0. The standard InChI is InChI=1S/C20H24ClN3O3.HI/c1-2-25-17-6-4-15(21)12-14(17)8-9-23-20(22)24-16-5-7-18-19(13-16)27-11-3-10-26-18;/h4-7,12-13H,2-3,8-11H2,1H3,(H3,22,23,24);1H. The van der Waals surface area contributed by atoms with Crippen LogP contribution in [0, 0.1) is 0 Å². The Bertz CT molecular complexity index is 817. The molecule has 1 aliphatic heterocycles. The highest BCUT2D eigenvalue weighted by Crippen LogP contribution is 2.32. The number of rotatable bonds is 6. The molecule has 0 radical (unpaired) electrons. The number of benzene rings is 2. The van der Waals surface area contributed by atoms with E-state index in [0.717, 1.165) is 29.2 Å². The molecule has 6 nitrogen and oxygen atoms in total. The fourth-order valence-electron chi connectivity index (χ4n) is 2.76. The lowest BCUT2D eigenvalue weighted by Crippen LogP contribution is -2.23. The van der Waals surface area contributed by atoms with Crippen LogP contribution in [0.5, 0.6) is 17.2 Å². The molecule has 28 heavy (non-hydrogen) atoms. The second kappa shape index (κ2) is 11.2. The number of halogens is 2. The molecule has 2 aromatic rings. The van der Waals surface area contributed by atoms with Gasteiger partial charge in [-0.2, -0.15) is 0 Å². The second-order valence-corrected chi connectivity index (χ2v) is 6.48. The molecule has 0 spiro atoms. The van der Waals surface area contributed by atoms with Gasteiger partial charge < -0.3 is 25.3 Å². The summed E-state index contributed by atoms with van der Waals surface area (Å²) in [4.78, 5) is 4.39. The van der Waals surface area contributed by atoms with Crippen LogP contribution in [0.2, 0.25) is 5.02 Å². The summed E-state index contributed by atoms with van der Waals surface area (Å²) in [5.41, 5.74) is 7.83. The summed E-state index contributed by atoms with van der Waals surface area (Å²) < 4.78 is 16.9. The van der Waals surface area contributed by atoms with E-state index in [0.29, 0.717) is 49.5 Å². The topological polar surface area (TPSA) is 78.1 Å². The highest BCUT2D eigenvalue weighted by atomic mass is 127. The molecule has 0 saturated carbocycles. The second-order valence-electron chi connectivity index (χ2n) is 6.04. The summed E-state index contributed by atoms with van der Waals surface area (Å²) in [6.45, 7) is 4.38. The van der Waals surface area contributed by atoms with Crippen LogP contribution >= 0.6 is 35.6 Å². The maximum absolute atomic E-state index is 6.08. The van der Waals surface area contributed by atoms with Gasteiger partial charge >= 0.3 is 0 Å². The average molecular weight is 518 g/mol. The molecule has 1 heterocycles. The number of nitrogens with two attached hydrogens (primary N) is 1. The Morgan fingerprint density at radius 1 is 1.18 bits per heavy atom. The number of ether oxygens (including phenoxy) is 3. The molecule has 0 aromatic heterocycles. The van der Waals surface area contributed by atoms with E-state index in [4.69, 9.17) is 31.5 Å². The van der Waals surface area contributed by atoms with Crippen molar-refractivity contribution in [3.63, 3.8) is 0 Å². The Kier molecular flexibility index (Phi) is 8.98. The van der Waals surface area contributed by atoms with E-state index in [1.807, 2.05) is 43.3 Å². The molecule has 0 amide bonds. The van der Waals surface area contributed by atoms with Gasteiger partial charge in [-0.25, -0.2) is 0 Å². The van der Waals surface area contributed by atoms with Crippen molar-refractivity contribution in [3.05, 3.63) is 47.0 Å². The number of nitrogens with one attached hydrogen (secondary N) is 1. The van der Waals surface area contributed by atoms with Crippen LogP contribution in [0.15, 0.2) is 41.4 Å². The molecular weight excluding hydrogens is 493 g/mol. The van der Waals surface area contributed by atoms with Crippen LogP contribution in [0.3, 0.4) is 0 Å². The van der Waals surface area contributed by atoms with Crippen LogP contribution in [0.25, 0.3) is 0 Å². The number of hydrogen-bond acceptors (Lipinski definition) is 4. The van der Waals surface area contributed by atoms with E-state index in [9.17, 15) is 0 Å². The van der Waals surface area contributed by atoms with Crippen molar-refractivity contribution in [1.29, 1.82) is 0 Å². The van der Waals surface area contributed by atoms with Gasteiger partial charge in [0.2, 0.25) is 0 Å². The lowest BCUT2D eigenvalue weighted by molar-refractivity contribution is 0.297. The number of aliphatic imine (C=N–C) groups is 1. The lowest BCUT2D eigenvalue weighted by Gasteiger charge is -2.11. The van der Waals surface area contributed by atoms with Crippen LogP contribution in [0.1, 0.15) is 18.9 Å². The third kappa shape index (κ3) is 6.34. The molecule has 152 valence electrons. The first-order chi connectivity index (χ1) is 13.2. The highest BCUT2D eigenvalue weighted by molar-refractivity contribution is 14.0. The Balaban J connectivity index is 0.00000280. The molecule has 0 atom stereocenters. The van der Waals surface area contributed by atoms with Crippen LogP contribution in [-0.4, -0.2) is 32.3 Å².